The van der Waals surface area contributed by atoms with Crippen molar-refractivity contribution in [2.24, 2.45) is 11.7 Å². The van der Waals surface area contributed by atoms with E-state index >= 15 is 0 Å². The number of nitrogens with one attached hydrogen (secondary N) is 2. The quantitative estimate of drug-likeness (QED) is 0.770. The molecule has 0 heterocycles. The van der Waals surface area contributed by atoms with Crippen molar-refractivity contribution in [2.45, 2.75) is 26.3 Å². The Labute approximate surface area is 118 Å². The lowest BCUT2D eigenvalue weighted by Gasteiger charge is -2.18. The van der Waals surface area contributed by atoms with Crippen LogP contribution in [0.15, 0.2) is 24.3 Å². The van der Waals surface area contributed by atoms with Gasteiger partial charge in [0, 0.05) is 11.4 Å². The molecule has 0 aromatic heterocycles. The largest absolute Gasteiger partial charge is 0.453 e. The third-order valence-electron chi connectivity index (χ3n) is 3.12. The van der Waals surface area contributed by atoms with E-state index in [1.807, 2.05) is 13.8 Å². The van der Waals surface area contributed by atoms with Crippen LogP contribution in [0.4, 0.5) is 16.2 Å². The van der Waals surface area contributed by atoms with Crippen LogP contribution < -0.4 is 16.4 Å². The second kappa shape index (κ2) is 7.49. The highest BCUT2D eigenvalue weighted by molar-refractivity contribution is 5.95. The van der Waals surface area contributed by atoms with E-state index < -0.39 is 12.1 Å². The van der Waals surface area contributed by atoms with Gasteiger partial charge in [0.15, 0.2) is 0 Å². The lowest BCUT2D eigenvalue weighted by molar-refractivity contribution is -0.118. The van der Waals surface area contributed by atoms with Gasteiger partial charge in [0.05, 0.1) is 13.2 Å². The number of hydrogen-bond acceptors (Lipinski definition) is 4. The Balaban J connectivity index is 2.71. The summed E-state index contributed by atoms with van der Waals surface area (Å²) in [5.74, 6) is -0.138. The van der Waals surface area contributed by atoms with Crippen LogP contribution in [0.25, 0.3) is 0 Å². The molecule has 0 fully saturated rings. The van der Waals surface area contributed by atoms with E-state index in [0.717, 1.165) is 6.42 Å². The van der Waals surface area contributed by atoms with Crippen LogP contribution >= 0.6 is 0 Å². The molecule has 0 unspecified atom stereocenters. The number of rotatable bonds is 5. The highest BCUT2D eigenvalue weighted by Gasteiger charge is 2.19. The molecule has 0 aliphatic rings. The second-order valence-corrected chi connectivity index (χ2v) is 4.60. The van der Waals surface area contributed by atoms with Gasteiger partial charge in [-0.15, -0.1) is 0 Å². The Hall–Kier alpha value is -2.08. The summed E-state index contributed by atoms with van der Waals surface area (Å²) in [6.07, 6.45) is 0.267. The fraction of sp³-hybridized carbons (Fsp3) is 0.429. The summed E-state index contributed by atoms with van der Waals surface area (Å²) in [6, 6.07) is 6.22. The van der Waals surface area contributed by atoms with Crippen LogP contribution in [0.3, 0.4) is 0 Å². The predicted molar refractivity (Wildman–Crippen MR) is 78.5 cm³/mol. The fourth-order valence-electron chi connectivity index (χ4n) is 1.58. The molecule has 110 valence electrons. The molecule has 20 heavy (non-hydrogen) atoms. The summed E-state index contributed by atoms with van der Waals surface area (Å²) in [6.45, 7) is 3.91. The molecule has 0 saturated carbocycles. The maximum atomic E-state index is 12.0. The van der Waals surface area contributed by atoms with E-state index in [4.69, 9.17) is 5.73 Å². The fourth-order valence-corrected chi connectivity index (χ4v) is 1.58. The first kappa shape index (κ1) is 16.0. The van der Waals surface area contributed by atoms with Crippen molar-refractivity contribution in [3.05, 3.63) is 24.3 Å². The zero-order chi connectivity index (χ0) is 15.1. The summed E-state index contributed by atoms with van der Waals surface area (Å²) in [4.78, 5) is 23.1. The number of benzene rings is 1. The predicted octanol–water partition coefficient (Wildman–Crippen LogP) is 2.18. The molecule has 0 radical (unpaired) electrons. The molecule has 1 rings (SSSR count). The van der Waals surface area contributed by atoms with Gasteiger partial charge in [0.1, 0.15) is 0 Å². The van der Waals surface area contributed by atoms with Gasteiger partial charge in [-0.05, 0) is 24.1 Å². The van der Waals surface area contributed by atoms with Crippen molar-refractivity contribution in [1.82, 2.24) is 0 Å². The third kappa shape index (κ3) is 4.55. The molecule has 0 spiro atoms. The maximum Gasteiger partial charge on any atom is 0.411 e. The van der Waals surface area contributed by atoms with E-state index in [0.29, 0.717) is 11.4 Å². The van der Waals surface area contributed by atoms with Gasteiger partial charge in [-0.2, -0.15) is 0 Å². The molecule has 4 N–H and O–H groups in total. The number of carbonyl (C=O) groups is 2. The Kier molecular flexibility index (Phi) is 5.99. The van der Waals surface area contributed by atoms with Crippen LogP contribution in [0, 0.1) is 5.92 Å². The average Bonchev–Trinajstić information content (AvgIpc) is 2.45. The number of hydrogen-bond donors (Lipinski definition) is 3. The Bertz CT molecular complexity index is 476. The van der Waals surface area contributed by atoms with Crippen LogP contribution in [0.5, 0.6) is 0 Å². The number of amides is 2. The minimum atomic E-state index is -0.565. The molecule has 6 nitrogen and oxygen atoms in total. The van der Waals surface area contributed by atoms with Crippen LogP contribution in [0.1, 0.15) is 20.3 Å². The smallest absolute Gasteiger partial charge is 0.411 e. The van der Waals surface area contributed by atoms with E-state index in [2.05, 4.69) is 15.4 Å². The summed E-state index contributed by atoms with van der Waals surface area (Å²) in [5.41, 5.74) is 6.96. The summed E-state index contributed by atoms with van der Waals surface area (Å²) < 4.78 is 4.50. The first-order valence-corrected chi connectivity index (χ1v) is 6.49. The van der Waals surface area contributed by atoms with Crippen LogP contribution in [0.2, 0.25) is 0 Å². The zero-order valence-electron chi connectivity index (χ0n) is 12.0. The Morgan fingerprint density at radius 2 is 1.90 bits per heavy atom. The van der Waals surface area contributed by atoms with Crippen LogP contribution in [-0.4, -0.2) is 25.2 Å². The minimum absolute atomic E-state index is 0.103. The summed E-state index contributed by atoms with van der Waals surface area (Å²) in [5, 5.41) is 5.26. The number of nitrogens with two attached hydrogens (primary N) is 1. The highest BCUT2D eigenvalue weighted by atomic mass is 16.5. The van der Waals surface area contributed by atoms with Crippen molar-refractivity contribution in [3.8, 4) is 0 Å². The molecule has 1 aromatic carbocycles. The molecule has 6 heteroatoms. The third-order valence-corrected chi connectivity index (χ3v) is 3.12. The van der Waals surface area contributed by atoms with Crippen molar-refractivity contribution in [3.63, 3.8) is 0 Å². The van der Waals surface area contributed by atoms with Gasteiger partial charge in [-0.3, -0.25) is 10.1 Å². The summed E-state index contributed by atoms with van der Waals surface area (Å²) in [7, 11) is 1.28. The second-order valence-electron chi connectivity index (χ2n) is 4.60. The molecule has 1 aromatic rings. The first-order valence-electron chi connectivity index (χ1n) is 6.49. The molecule has 0 bridgehead atoms. The lowest BCUT2D eigenvalue weighted by Crippen LogP contribution is -2.40. The summed E-state index contributed by atoms with van der Waals surface area (Å²) >= 11 is 0. The molecule has 2 amide bonds. The van der Waals surface area contributed by atoms with Crippen molar-refractivity contribution < 1.29 is 14.3 Å². The topological polar surface area (TPSA) is 93.5 Å². The van der Waals surface area contributed by atoms with Crippen molar-refractivity contribution >= 4 is 23.4 Å². The SMILES string of the molecule is CC[C@H](C)[C@H](N)C(=O)Nc1cccc(NC(=O)OC)c1. The van der Waals surface area contributed by atoms with Crippen molar-refractivity contribution in [1.29, 1.82) is 0 Å². The molecular formula is C14H21N3O3. The van der Waals surface area contributed by atoms with Crippen LogP contribution in [-0.2, 0) is 9.53 Å². The van der Waals surface area contributed by atoms with Crippen molar-refractivity contribution in [2.75, 3.05) is 17.7 Å². The van der Waals surface area contributed by atoms with E-state index in [9.17, 15) is 9.59 Å². The lowest BCUT2D eigenvalue weighted by atomic mass is 9.99. The van der Waals surface area contributed by atoms with E-state index in [1.54, 1.807) is 24.3 Å². The Morgan fingerprint density at radius 3 is 2.45 bits per heavy atom. The molecular weight excluding hydrogens is 258 g/mol. The standard InChI is InChI=1S/C14H21N3O3/c1-4-9(2)12(15)13(18)16-10-6-5-7-11(8-10)17-14(19)20-3/h5-9,12H,4,15H2,1-3H3,(H,16,18)(H,17,19)/t9-,12-/m0/s1. The van der Waals surface area contributed by atoms with Gasteiger partial charge >= 0.3 is 6.09 Å². The molecule has 0 saturated heterocycles. The van der Waals surface area contributed by atoms with Gasteiger partial charge in [-0.1, -0.05) is 26.3 Å². The van der Waals surface area contributed by atoms with Gasteiger partial charge in [0.25, 0.3) is 0 Å². The number of anilines is 2. The first-order chi connectivity index (χ1) is 9.47. The van der Waals surface area contributed by atoms with Gasteiger partial charge in [-0.25, -0.2) is 4.79 Å². The number of methoxy groups -OCH3 is 1. The zero-order valence-corrected chi connectivity index (χ0v) is 12.0. The van der Waals surface area contributed by atoms with Gasteiger partial charge in [0.2, 0.25) is 5.91 Å². The normalized spacial score (nSPS) is 13.2. The highest BCUT2D eigenvalue weighted by Crippen LogP contribution is 2.16. The van der Waals surface area contributed by atoms with Gasteiger partial charge < -0.3 is 15.8 Å². The number of ether oxygens (including phenoxy) is 1. The average molecular weight is 279 g/mol. The number of carbonyl (C=O) groups excluding carboxylic acids is 2. The molecule has 0 aliphatic heterocycles. The molecule has 2 atom stereocenters. The van der Waals surface area contributed by atoms with E-state index in [-0.39, 0.29) is 11.8 Å². The van der Waals surface area contributed by atoms with E-state index in [1.165, 1.54) is 7.11 Å². The Morgan fingerprint density at radius 1 is 1.30 bits per heavy atom. The molecule has 0 aliphatic carbocycles. The maximum absolute atomic E-state index is 12.0. The monoisotopic (exact) mass is 279 g/mol. The minimum Gasteiger partial charge on any atom is -0.453 e.